The molecule has 0 fully saturated rings. The van der Waals surface area contributed by atoms with Crippen LogP contribution in [0.3, 0.4) is 0 Å². The first-order chi connectivity index (χ1) is 10.5. The SMILES string of the molecule is Cc1cc(Cn2nccc2C(F)(F)C(F)(F)F)ccc1[N+](=O)[O-]. The molecule has 2 aromatic rings. The highest BCUT2D eigenvalue weighted by Crippen LogP contribution is 2.43. The topological polar surface area (TPSA) is 61.0 Å². The maximum Gasteiger partial charge on any atom is 0.459 e. The fraction of sp³-hybridized carbons (Fsp3) is 0.308. The Hall–Kier alpha value is -2.52. The van der Waals surface area contributed by atoms with Gasteiger partial charge < -0.3 is 0 Å². The predicted molar refractivity (Wildman–Crippen MR) is 69.1 cm³/mol. The molecule has 1 aromatic heterocycles. The Morgan fingerprint density at radius 2 is 1.87 bits per heavy atom. The summed E-state index contributed by atoms with van der Waals surface area (Å²) in [5, 5.41) is 14.2. The number of hydrogen-bond donors (Lipinski definition) is 0. The van der Waals surface area contributed by atoms with E-state index in [0.29, 0.717) is 16.3 Å². The van der Waals surface area contributed by atoms with E-state index in [1.54, 1.807) is 0 Å². The molecule has 0 saturated heterocycles. The Balaban J connectivity index is 2.35. The van der Waals surface area contributed by atoms with Gasteiger partial charge in [0.15, 0.2) is 0 Å². The number of benzene rings is 1. The van der Waals surface area contributed by atoms with Crippen molar-refractivity contribution in [3.05, 3.63) is 57.4 Å². The number of hydrogen-bond acceptors (Lipinski definition) is 3. The van der Waals surface area contributed by atoms with Crippen LogP contribution in [-0.4, -0.2) is 20.9 Å². The molecular weight excluding hydrogens is 325 g/mol. The minimum atomic E-state index is -5.74. The van der Waals surface area contributed by atoms with Crippen LogP contribution in [0.25, 0.3) is 0 Å². The molecule has 0 unspecified atom stereocenters. The molecule has 0 aliphatic heterocycles. The largest absolute Gasteiger partial charge is 0.459 e. The zero-order valence-corrected chi connectivity index (χ0v) is 11.6. The maximum atomic E-state index is 13.4. The van der Waals surface area contributed by atoms with Gasteiger partial charge >= 0.3 is 12.1 Å². The molecule has 0 saturated carbocycles. The van der Waals surface area contributed by atoms with Gasteiger partial charge in [-0.05, 0) is 24.6 Å². The Morgan fingerprint density at radius 1 is 1.22 bits per heavy atom. The first-order valence-corrected chi connectivity index (χ1v) is 6.25. The molecule has 0 amide bonds. The summed E-state index contributed by atoms with van der Waals surface area (Å²) in [6, 6.07) is 4.37. The molecule has 5 nitrogen and oxygen atoms in total. The highest BCUT2D eigenvalue weighted by atomic mass is 19.4. The Morgan fingerprint density at radius 3 is 2.39 bits per heavy atom. The molecule has 0 spiro atoms. The average Bonchev–Trinajstić information content (AvgIpc) is 2.85. The van der Waals surface area contributed by atoms with Crippen LogP contribution in [0.2, 0.25) is 0 Å². The van der Waals surface area contributed by atoms with Crippen molar-refractivity contribution >= 4 is 5.69 Å². The number of rotatable bonds is 4. The van der Waals surface area contributed by atoms with E-state index in [4.69, 9.17) is 0 Å². The normalized spacial score (nSPS) is 12.4. The van der Waals surface area contributed by atoms with Gasteiger partial charge in [0.2, 0.25) is 0 Å². The van der Waals surface area contributed by atoms with Gasteiger partial charge in [0, 0.05) is 17.8 Å². The third kappa shape index (κ3) is 3.15. The third-order valence-electron chi connectivity index (χ3n) is 3.18. The number of alkyl halides is 5. The van der Waals surface area contributed by atoms with E-state index in [0.717, 1.165) is 12.3 Å². The third-order valence-corrected chi connectivity index (χ3v) is 3.18. The number of aryl methyl sites for hydroxylation is 1. The van der Waals surface area contributed by atoms with Gasteiger partial charge in [-0.1, -0.05) is 6.07 Å². The number of aromatic nitrogens is 2. The van der Waals surface area contributed by atoms with E-state index >= 15 is 0 Å². The van der Waals surface area contributed by atoms with Crippen molar-refractivity contribution in [2.45, 2.75) is 25.6 Å². The van der Waals surface area contributed by atoms with E-state index in [9.17, 15) is 32.1 Å². The minimum absolute atomic E-state index is 0.171. The van der Waals surface area contributed by atoms with Crippen LogP contribution >= 0.6 is 0 Å². The molecule has 1 aromatic carbocycles. The van der Waals surface area contributed by atoms with E-state index in [1.165, 1.54) is 19.1 Å². The Bertz CT molecular complexity index is 739. The van der Waals surface area contributed by atoms with Crippen molar-refractivity contribution in [1.82, 2.24) is 9.78 Å². The standard InChI is InChI=1S/C13H10F5N3O2/c1-8-6-9(2-3-10(8)21(22)23)7-20-11(4-5-19-20)12(14,15)13(16,17)18/h2-6H,7H2,1H3. The van der Waals surface area contributed by atoms with Gasteiger partial charge in [-0.3, -0.25) is 14.8 Å². The molecule has 0 aliphatic carbocycles. The second-order valence-corrected chi connectivity index (χ2v) is 4.82. The molecule has 0 bridgehead atoms. The quantitative estimate of drug-likeness (QED) is 0.485. The van der Waals surface area contributed by atoms with Crippen LogP contribution in [0.1, 0.15) is 16.8 Å². The van der Waals surface area contributed by atoms with E-state index < -0.39 is 22.7 Å². The summed E-state index contributed by atoms with van der Waals surface area (Å²) in [6.07, 6.45) is -4.90. The molecular formula is C13H10F5N3O2. The van der Waals surface area contributed by atoms with Gasteiger partial charge in [-0.25, -0.2) is 0 Å². The zero-order chi connectivity index (χ0) is 17.4. The van der Waals surface area contributed by atoms with E-state index in [-0.39, 0.29) is 17.8 Å². The first-order valence-electron chi connectivity index (χ1n) is 6.25. The summed E-state index contributed by atoms with van der Waals surface area (Å²) in [7, 11) is 0. The molecule has 0 atom stereocenters. The summed E-state index contributed by atoms with van der Waals surface area (Å²) in [6.45, 7) is 1.07. The van der Waals surface area contributed by atoms with Crippen molar-refractivity contribution in [3.63, 3.8) is 0 Å². The molecule has 23 heavy (non-hydrogen) atoms. The number of nitro benzene ring substituents is 1. The molecule has 0 N–H and O–H groups in total. The Kier molecular flexibility index (Phi) is 4.10. The predicted octanol–water partition coefficient (Wildman–Crippen LogP) is 3.80. The van der Waals surface area contributed by atoms with Crippen LogP contribution in [0.5, 0.6) is 0 Å². The summed E-state index contributed by atoms with van der Waals surface area (Å²) in [5.41, 5.74) is -0.879. The second-order valence-electron chi connectivity index (χ2n) is 4.82. The zero-order valence-electron chi connectivity index (χ0n) is 11.6. The highest BCUT2D eigenvalue weighted by molar-refractivity contribution is 5.41. The van der Waals surface area contributed by atoms with Crippen molar-refractivity contribution < 1.29 is 26.9 Å². The van der Waals surface area contributed by atoms with Crippen LogP contribution in [0.15, 0.2) is 30.5 Å². The van der Waals surface area contributed by atoms with Crippen molar-refractivity contribution in [3.8, 4) is 0 Å². The number of nitrogens with zero attached hydrogens (tertiary/aromatic N) is 3. The summed E-state index contributed by atoms with van der Waals surface area (Å²) in [4.78, 5) is 10.1. The molecule has 10 heteroatoms. The summed E-state index contributed by atoms with van der Waals surface area (Å²) >= 11 is 0. The van der Waals surface area contributed by atoms with Gasteiger partial charge in [-0.2, -0.15) is 27.1 Å². The van der Waals surface area contributed by atoms with Crippen molar-refractivity contribution in [2.24, 2.45) is 0 Å². The fourth-order valence-electron chi connectivity index (χ4n) is 2.06. The van der Waals surface area contributed by atoms with Crippen LogP contribution < -0.4 is 0 Å². The summed E-state index contributed by atoms with van der Waals surface area (Å²) in [5.74, 6) is -5.04. The van der Waals surface area contributed by atoms with Crippen LogP contribution in [0, 0.1) is 17.0 Å². The lowest BCUT2D eigenvalue weighted by Gasteiger charge is -2.20. The second kappa shape index (κ2) is 5.60. The first kappa shape index (κ1) is 16.8. The lowest BCUT2D eigenvalue weighted by atomic mass is 10.1. The smallest absolute Gasteiger partial charge is 0.259 e. The fourth-order valence-corrected chi connectivity index (χ4v) is 2.06. The van der Waals surface area contributed by atoms with Gasteiger partial charge in [-0.15, -0.1) is 0 Å². The van der Waals surface area contributed by atoms with Crippen molar-refractivity contribution in [2.75, 3.05) is 0 Å². The van der Waals surface area contributed by atoms with Gasteiger partial charge in [0.1, 0.15) is 5.69 Å². The van der Waals surface area contributed by atoms with E-state index in [1.807, 2.05) is 0 Å². The van der Waals surface area contributed by atoms with Crippen molar-refractivity contribution in [1.29, 1.82) is 0 Å². The van der Waals surface area contributed by atoms with Gasteiger partial charge in [0.25, 0.3) is 5.69 Å². The monoisotopic (exact) mass is 335 g/mol. The molecule has 0 aliphatic rings. The summed E-state index contributed by atoms with van der Waals surface area (Å²) < 4.78 is 64.8. The lowest BCUT2D eigenvalue weighted by Crippen LogP contribution is -2.36. The number of nitro groups is 1. The lowest BCUT2D eigenvalue weighted by molar-refractivity contribution is -0.385. The van der Waals surface area contributed by atoms with Crippen LogP contribution in [0.4, 0.5) is 27.6 Å². The average molecular weight is 335 g/mol. The molecule has 124 valence electrons. The highest BCUT2D eigenvalue weighted by Gasteiger charge is 2.60. The molecule has 0 radical (unpaired) electrons. The van der Waals surface area contributed by atoms with Crippen LogP contribution in [-0.2, 0) is 12.5 Å². The van der Waals surface area contributed by atoms with E-state index in [2.05, 4.69) is 5.10 Å². The molecule has 1 heterocycles. The van der Waals surface area contributed by atoms with Gasteiger partial charge in [0.05, 0.1) is 11.5 Å². The minimum Gasteiger partial charge on any atom is -0.259 e. The maximum absolute atomic E-state index is 13.4. The molecule has 2 rings (SSSR count). The number of halogens is 5. The Labute approximate surface area is 126 Å².